The highest BCUT2D eigenvalue weighted by Gasteiger charge is 2.52. The number of rotatable bonds is 6. The molecule has 23 heavy (non-hydrogen) atoms. The second-order valence-corrected chi connectivity index (χ2v) is 6.48. The van der Waals surface area contributed by atoms with Crippen LogP contribution in [0.4, 0.5) is 0 Å². The first-order chi connectivity index (χ1) is 11.3. The maximum atomic E-state index is 6.10. The van der Waals surface area contributed by atoms with Crippen LogP contribution in [0.2, 0.25) is 0 Å². The third-order valence-corrected chi connectivity index (χ3v) is 4.92. The minimum absolute atomic E-state index is 0.0389. The average molecular weight is 314 g/mol. The van der Waals surface area contributed by atoms with Crippen LogP contribution in [0.3, 0.4) is 0 Å². The molecule has 4 rings (SSSR count). The van der Waals surface area contributed by atoms with Gasteiger partial charge in [0.25, 0.3) is 0 Å². The van der Waals surface area contributed by atoms with Gasteiger partial charge in [-0.25, -0.2) is 4.98 Å². The third kappa shape index (κ3) is 3.12. The summed E-state index contributed by atoms with van der Waals surface area (Å²) < 4.78 is 17.0. The van der Waals surface area contributed by atoms with Crippen LogP contribution in [0, 0.1) is 5.92 Å². The zero-order valence-electron chi connectivity index (χ0n) is 13.2. The summed E-state index contributed by atoms with van der Waals surface area (Å²) in [5.74, 6) is 1.28. The number of aromatic nitrogens is 1. The summed E-state index contributed by atoms with van der Waals surface area (Å²) in [5.41, 5.74) is 1.27. The Morgan fingerprint density at radius 3 is 3.04 bits per heavy atom. The summed E-state index contributed by atoms with van der Waals surface area (Å²) in [6.45, 7) is 4.53. The number of pyridine rings is 1. The summed E-state index contributed by atoms with van der Waals surface area (Å²) in [6.07, 6.45) is 7.46. The van der Waals surface area contributed by atoms with Gasteiger partial charge in [0.2, 0.25) is 5.88 Å². The van der Waals surface area contributed by atoms with Crippen molar-refractivity contribution in [1.82, 2.24) is 9.88 Å². The highest BCUT2D eigenvalue weighted by atomic mass is 16.5. The molecule has 0 amide bonds. The molecule has 0 bridgehead atoms. The number of hydrogen-bond acceptors (Lipinski definition) is 5. The van der Waals surface area contributed by atoms with Gasteiger partial charge < -0.3 is 13.9 Å². The summed E-state index contributed by atoms with van der Waals surface area (Å²) in [7, 11) is 0. The van der Waals surface area contributed by atoms with Gasteiger partial charge in [0.1, 0.15) is 0 Å². The Bertz CT molecular complexity index is 608. The van der Waals surface area contributed by atoms with Crippen molar-refractivity contribution in [1.29, 1.82) is 0 Å². The first kappa shape index (κ1) is 14.7. The molecule has 2 aliphatic heterocycles. The summed E-state index contributed by atoms with van der Waals surface area (Å²) in [4.78, 5) is 6.62. The van der Waals surface area contributed by atoms with Crippen LogP contribution in [0.1, 0.15) is 18.4 Å². The summed E-state index contributed by atoms with van der Waals surface area (Å²) in [6, 6.07) is 7.77. The number of hydrogen-bond donors (Lipinski definition) is 0. The number of furan rings is 1. The van der Waals surface area contributed by atoms with Crippen LogP contribution in [-0.4, -0.2) is 41.8 Å². The second-order valence-electron chi connectivity index (χ2n) is 6.48. The molecule has 4 heterocycles. The van der Waals surface area contributed by atoms with Crippen LogP contribution in [-0.2, 0) is 11.3 Å². The fourth-order valence-electron chi connectivity index (χ4n) is 3.74. The van der Waals surface area contributed by atoms with Gasteiger partial charge in [-0.3, -0.25) is 4.90 Å². The van der Waals surface area contributed by atoms with Gasteiger partial charge in [0.15, 0.2) is 0 Å². The molecule has 0 radical (unpaired) electrons. The van der Waals surface area contributed by atoms with Crippen molar-refractivity contribution in [3.63, 3.8) is 0 Å². The Kier molecular flexibility index (Phi) is 4.06. The Hall–Kier alpha value is -1.85. The Balaban J connectivity index is 1.26. The summed E-state index contributed by atoms with van der Waals surface area (Å²) in [5, 5.41) is 0. The Labute approximate surface area is 136 Å². The monoisotopic (exact) mass is 314 g/mol. The van der Waals surface area contributed by atoms with E-state index in [-0.39, 0.29) is 5.60 Å². The van der Waals surface area contributed by atoms with Crippen molar-refractivity contribution < 1.29 is 13.9 Å². The average Bonchev–Trinajstić information content (AvgIpc) is 3.18. The molecule has 0 saturated carbocycles. The van der Waals surface area contributed by atoms with Crippen LogP contribution in [0.15, 0.2) is 47.4 Å². The van der Waals surface area contributed by atoms with Crippen LogP contribution < -0.4 is 4.74 Å². The van der Waals surface area contributed by atoms with E-state index in [1.54, 1.807) is 12.5 Å². The molecule has 1 spiro atoms. The van der Waals surface area contributed by atoms with Crippen LogP contribution in [0.5, 0.6) is 5.88 Å². The minimum Gasteiger partial charge on any atom is -0.478 e. The lowest BCUT2D eigenvalue weighted by molar-refractivity contribution is -0.138. The zero-order valence-corrected chi connectivity index (χ0v) is 13.2. The van der Waals surface area contributed by atoms with E-state index in [0.29, 0.717) is 18.4 Å². The fraction of sp³-hybridized carbons (Fsp3) is 0.500. The predicted octanol–water partition coefficient (Wildman–Crippen LogP) is 2.73. The molecule has 0 aliphatic carbocycles. The van der Waals surface area contributed by atoms with Crippen molar-refractivity contribution in [3.8, 4) is 5.88 Å². The Morgan fingerprint density at radius 2 is 2.26 bits per heavy atom. The molecule has 2 fully saturated rings. The highest BCUT2D eigenvalue weighted by molar-refractivity contribution is 5.11. The summed E-state index contributed by atoms with van der Waals surface area (Å²) >= 11 is 0. The number of nitrogens with zero attached hydrogens (tertiary/aromatic N) is 2. The lowest BCUT2D eigenvalue weighted by Gasteiger charge is -2.50. The normalized spacial score (nSPS) is 23.0. The molecule has 0 aromatic carbocycles. The topological polar surface area (TPSA) is 47.7 Å². The maximum absolute atomic E-state index is 6.10. The van der Waals surface area contributed by atoms with Crippen LogP contribution >= 0.6 is 0 Å². The zero-order chi connectivity index (χ0) is 15.5. The van der Waals surface area contributed by atoms with Gasteiger partial charge in [-0.1, -0.05) is 6.07 Å². The standard InChI is InChI=1S/C18H22N2O3/c1-2-7-19-17(3-1)22-9-5-16-6-10-23-18(16)13-20(14-18)11-15-4-8-21-12-15/h1-4,7-8,12,16H,5-6,9-11,13-14H2/t16-/m1/s1. The van der Waals surface area contributed by atoms with Crippen molar-refractivity contribution in [3.05, 3.63) is 48.6 Å². The fourth-order valence-corrected chi connectivity index (χ4v) is 3.74. The van der Waals surface area contributed by atoms with Crippen molar-refractivity contribution in [2.45, 2.75) is 25.0 Å². The van der Waals surface area contributed by atoms with E-state index >= 15 is 0 Å². The lowest BCUT2D eigenvalue weighted by Crippen LogP contribution is -2.64. The van der Waals surface area contributed by atoms with Gasteiger partial charge in [-0.15, -0.1) is 0 Å². The smallest absolute Gasteiger partial charge is 0.213 e. The number of ether oxygens (including phenoxy) is 2. The molecule has 122 valence electrons. The van der Waals surface area contributed by atoms with E-state index in [1.165, 1.54) is 5.56 Å². The highest BCUT2D eigenvalue weighted by Crippen LogP contribution is 2.42. The first-order valence-corrected chi connectivity index (χ1v) is 8.25. The van der Waals surface area contributed by atoms with Gasteiger partial charge >= 0.3 is 0 Å². The number of likely N-dealkylation sites (tertiary alicyclic amines) is 1. The molecule has 2 saturated heterocycles. The molecule has 5 heteroatoms. The molecule has 2 aromatic rings. The SMILES string of the molecule is c1ccc(OCC[C@@H]2CCOC23CN(Cc2ccoc2)C3)nc1. The second kappa shape index (κ2) is 6.34. The third-order valence-electron chi connectivity index (χ3n) is 4.92. The largest absolute Gasteiger partial charge is 0.478 e. The maximum Gasteiger partial charge on any atom is 0.213 e. The molecular formula is C18H22N2O3. The Morgan fingerprint density at radius 1 is 1.30 bits per heavy atom. The molecule has 0 unspecified atom stereocenters. The van der Waals surface area contributed by atoms with E-state index in [4.69, 9.17) is 13.9 Å². The quantitative estimate of drug-likeness (QED) is 0.820. The van der Waals surface area contributed by atoms with Crippen molar-refractivity contribution in [2.75, 3.05) is 26.3 Å². The molecule has 1 atom stereocenters. The van der Waals surface area contributed by atoms with Crippen molar-refractivity contribution >= 4 is 0 Å². The minimum atomic E-state index is 0.0389. The van der Waals surface area contributed by atoms with Gasteiger partial charge in [0.05, 0.1) is 24.7 Å². The molecule has 2 aromatic heterocycles. The molecule has 5 nitrogen and oxygen atoms in total. The van der Waals surface area contributed by atoms with E-state index in [9.17, 15) is 0 Å². The molecular weight excluding hydrogens is 292 g/mol. The predicted molar refractivity (Wildman–Crippen MR) is 85.1 cm³/mol. The van der Waals surface area contributed by atoms with E-state index < -0.39 is 0 Å². The van der Waals surface area contributed by atoms with Gasteiger partial charge in [-0.05, 0) is 30.9 Å². The van der Waals surface area contributed by atoms with E-state index in [0.717, 1.165) is 39.1 Å². The van der Waals surface area contributed by atoms with E-state index in [1.807, 2.05) is 30.5 Å². The molecule has 2 aliphatic rings. The van der Waals surface area contributed by atoms with Gasteiger partial charge in [-0.2, -0.15) is 0 Å². The van der Waals surface area contributed by atoms with Gasteiger partial charge in [0, 0.05) is 44.1 Å². The lowest BCUT2D eigenvalue weighted by atomic mass is 9.79. The molecule has 0 N–H and O–H groups in total. The first-order valence-electron chi connectivity index (χ1n) is 8.25. The van der Waals surface area contributed by atoms with E-state index in [2.05, 4.69) is 9.88 Å². The van der Waals surface area contributed by atoms with Crippen molar-refractivity contribution in [2.24, 2.45) is 5.92 Å². The van der Waals surface area contributed by atoms with Crippen LogP contribution in [0.25, 0.3) is 0 Å².